The molecule has 0 aromatic heterocycles. The monoisotopic (exact) mass is 336 g/mol. The van der Waals surface area contributed by atoms with Gasteiger partial charge in [0.2, 0.25) is 5.91 Å². The minimum atomic E-state index is -0.957. The normalized spacial score (nSPS) is 21.8. The van der Waals surface area contributed by atoms with Crippen LogP contribution in [0.2, 0.25) is 0 Å². The molecule has 1 heterocycles. The number of β-amino-alcohol motifs (C(OH)–C–C–N with tert-alkyl or cyclic N) is 1. The quantitative estimate of drug-likeness (QED) is 0.781. The number of aliphatic carboxylic acids is 1. The lowest BCUT2D eigenvalue weighted by Gasteiger charge is -2.25. The second-order valence-electron chi connectivity index (χ2n) is 6.18. The largest absolute Gasteiger partial charge is 0.497 e. The Morgan fingerprint density at radius 1 is 1.33 bits per heavy atom. The number of hydrogen-bond donors (Lipinski definition) is 2. The predicted octanol–water partition coefficient (Wildman–Crippen LogP) is 0.387. The number of benzene rings is 1. The van der Waals surface area contributed by atoms with Gasteiger partial charge in [-0.25, -0.2) is 0 Å². The van der Waals surface area contributed by atoms with E-state index in [1.54, 1.807) is 36.1 Å². The summed E-state index contributed by atoms with van der Waals surface area (Å²) in [6.07, 6.45) is -0.749. The Morgan fingerprint density at radius 2 is 1.96 bits per heavy atom. The smallest absolute Gasteiger partial charge is 0.317 e. The van der Waals surface area contributed by atoms with Gasteiger partial charge >= 0.3 is 5.97 Å². The highest BCUT2D eigenvalue weighted by atomic mass is 16.5. The van der Waals surface area contributed by atoms with E-state index in [0.717, 1.165) is 11.3 Å². The number of likely N-dealkylation sites (N-methyl/N-ethyl adjacent to an activating group) is 1. The maximum atomic E-state index is 12.7. The molecular weight excluding hydrogens is 312 g/mol. The van der Waals surface area contributed by atoms with Crippen LogP contribution in [0.4, 0.5) is 0 Å². The molecule has 0 saturated carbocycles. The summed E-state index contributed by atoms with van der Waals surface area (Å²) in [6, 6.07) is 6.94. The first-order valence-electron chi connectivity index (χ1n) is 7.86. The number of aliphatic hydroxyl groups excluding tert-OH is 1. The third-order valence-corrected chi connectivity index (χ3v) is 4.51. The van der Waals surface area contributed by atoms with Gasteiger partial charge in [-0.1, -0.05) is 12.1 Å². The Kier molecular flexibility index (Phi) is 5.80. The van der Waals surface area contributed by atoms with Crippen molar-refractivity contribution in [3.05, 3.63) is 29.8 Å². The second kappa shape index (κ2) is 7.63. The van der Waals surface area contributed by atoms with E-state index in [-0.39, 0.29) is 31.0 Å². The highest BCUT2D eigenvalue weighted by Crippen LogP contribution is 2.24. The predicted molar refractivity (Wildman–Crippen MR) is 88.0 cm³/mol. The fraction of sp³-hybridized carbons (Fsp3) is 0.529. The number of likely N-dealkylation sites (tertiary alicyclic amines) is 1. The minimum Gasteiger partial charge on any atom is -0.497 e. The number of nitrogens with zero attached hydrogens (tertiary/aromatic N) is 2. The molecule has 1 amide bonds. The lowest BCUT2D eigenvalue weighted by atomic mass is 10.00. The Morgan fingerprint density at radius 3 is 2.50 bits per heavy atom. The van der Waals surface area contributed by atoms with E-state index in [9.17, 15) is 14.7 Å². The van der Waals surface area contributed by atoms with Crippen LogP contribution in [-0.2, 0) is 9.59 Å². The van der Waals surface area contributed by atoms with E-state index in [0.29, 0.717) is 6.54 Å². The summed E-state index contributed by atoms with van der Waals surface area (Å²) in [6.45, 7) is 2.20. The molecule has 0 unspecified atom stereocenters. The zero-order chi connectivity index (χ0) is 17.9. The molecule has 3 atom stereocenters. The van der Waals surface area contributed by atoms with E-state index in [2.05, 4.69) is 0 Å². The highest BCUT2D eigenvalue weighted by Gasteiger charge is 2.38. The zero-order valence-corrected chi connectivity index (χ0v) is 14.2. The van der Waals surface area contributed by atoms with Gasteiger partial charge in [0.15, 0.2) is 0 Å². The van der Waals surface area contributed by atoms with Crippen molar-refractivity contribution >= 4 is 11.9 Å². The molecule has 0 radical (unpaired) electrons. The van der Waals surface area contributed by atoms with Crippen molar-refractivity contribution in [3.8, 4) is 5.75 Å². The van der Waals surface area contributed by atoms with Crippen LogP contribution in [0.1, 0.15) is 18.4 Å². The minimum absolute atomic E-state index is 0.0783. The maximum Gasteiger partial charge on any atom is 0.317 e. The number of hydrogen-bond acceptors (Lipinski definition) is 5. The van der Waals surface area contributed by atoms with Crippen molar-refractivity contribution in [2.75, 3.05) is 33.8 Å². The molecule has 1 aliphatic rings. The number of carboxylic acid groups (broad SMARTS) is 1. The summed E-state index contributed by atoms with van der Waals surface area (Å²) in [4.78, 5) is 26.7. The van der Waals surface area contributed by atoms with Crippen LogP contribution in [0.3, 0.4) is 0 Å². The molecule has 0 aliphatic carbocycles. The number of carboxylic acids is 1. The Balaban J connectivity index is 2.02. The van der Waals surface area contributed by atoms with Crippen LogP contribution >= 0.6 is 0 Å². The fourth-order valence-electron chi connectivity index (χ4n) is 3.02. The van der Waals surface area contributed by atoms with Crippen molar-refractivity contribution < 1.29 is 24.5 Å². The summed E-state index contributed by atoms with van der Waals surface area (Å²) < 4.78 is 5.11. The molecule has 0 bridgehead atoms. The molecule has 1 aliphatic heterocycles. The van der Waals surface area contributed by atoms with Gasteiger partial charge in [0.25, 0.3) is 0 Å². The van der Waals surface area contributed by atoms with Gasteiger partial charge in [-0.05, 0) is 31.7 Å². The van der Waals surface area contributed by atoms with Crippen molar-refractivity contribution in [1.82, 2.24) is 9.80 Å². The lowest BCUT2D eigenvalue weighted by molar-refractivity contribution is -0.138. The average molecular weight is 336 g/mol. The summed E-state index contributed by atoms with van der Waals surface area (Å²) >= 11 is 0. The Bertz CT molecular complexity index is 589. The molecule has 1 fully saturated rings. The topological polar surface area (TPSA) is 90.3 Å². The van der Waals surface area contributed by atoms with Crippen LogP contribution < -0.4 is 4.74 Å². The molecule has 0 spiro atoms. The number of methoxy groups -OCH3 is 1. The maximum absolute atomic E-state index is 12.7. The zero-order valence-electron chi connectivity index (χ0n) is 14.2. The number of amides is 1. The number of carbonyl (C=O) groups is 2. The number of rotatable bonds is 6. The molecule has 7 heteroatoms. The number of carbonyl (C=O) groups excluding carboxylic acids is 1. The van der Waals surface area contributed by atoms with Crippen LogP contribution in [0.5, 0.6) is 5.75 Å². The van der Waals surface area contributed by atoms with Crippen LogP contribution in [0.15, 0.2) is 24.3 Å². The first kappa shape index (κ1) is 18.2. The fourth-order valence-corrected chi connectivity index (χ4v) is 3.02. The van der Waals surface area contributed by atoms with Gasteiger partial charge in [-0.3, -0.25) is 14.5 Å². The molecule has 1 saturated heterocycles. The van der Waals surface area contributed by atoms with Gasteiger partial charge in [-0.15, -0.1) is 0 Å². The van der Waals surface area contributed by atoms with Crippen LogP contribution in [-0.4, -0.2) is 77.8 Å². The van der Waals surface area contributed by atoms with Crippen molar-refractivity contribution in [1.29, 1.82) is 0 Å². The summed E-state index contributed by atoms with van der Waals surface area (Å²) in [5, 5.41) is 19.0. The van der Waals surface area contributed by atoms with Gasteiger partial charge in [0.05, 0.1) is 31.7 Å². The molecule has 24 heavy (non-hydrogen) atoms. The van der Waals surface area contributed by atoms with Crippen molar-refractivity contribution in [2.45, 2.75) is 25.0 Å². The molecule has 2 rings (SSSR count). The van der Waals surface area contributed by atoms with E-state index in [4.69, 9.17) is 9.84 Å². The molecule has 132 valence electrons. The van der Waals surface area contributed by atoms with E-state index in [1.807, 2.05) is 19.1 Å². The van der Waals surface area contributed by atoms with Gasteiger partial charge < -0.3 is 19.8 Å². The first-order chi connectivity index (χ1) is 11.3. The summed E-state index contributed by atoms with van der Waals surface area (Å²) in [5.74, 6) is -0.650. The van der Waals surface area contributed by atoms with Gasteiger partial charge in [0, 0.05) is 13.1 Å². The Labute approximate surface area is 141 Å². The molecule has 1 aromatic carbocycles. The lowest BCUT2D eigenvalue weighted by Crippen LogP contribution is -2.43. The third kappa shape index (κ3) is 4.04. The van der Waals surface area contributed by atoms with E-state index in [1.165, 1.54) is 0 Å². The molecule has 1 aromatic rings. The summed E-state index contributed by atoms with van der Waals surface area (Å²) in [5.41, 5.74) is 0.873. The van der Waals surface area contributed by atoms with Gasteiger partial charge in [-0.2, -0.15) is 0 Å². The second-order valence-corrected chi connectivity index (χ2v) is 6.18. The Hall–Kier alpha value is -2.12. The van der Waals surface area contributed by atoms with Crippen molar-refractivity contribution in [3.63, 3.8) is 0 Å². The highest BCUT2D eigenvalue weighted by molar-refractivity contribution is 5.83. The van der Waals surface area contributed by atoms with Crippen molar-refractivity contribution in [2.24, 2.45) is 0 Å². The van der Waals surface area contributed by atoms with Crippen LogP contribution in [0.25, 0.3) is 0 Å². The molecular formula is C17H24N2O5. The van der Waals surface area contributed by atoms with E-state index >= 15 is 0 Å². The summed E-state index contributed by atoms with van der Waals surface area (Å²) in [7, 11) is 3.23. The first-order valence-corrected chi connectivity index (χ1v) is 7.86. The molecule has 2 N–H and O–H groups in total. The average Bonchev–Trinajstić information content (AvgIpc) is 2.95. The van der Waals surface area contributed by atoms with Crippen LogP contribution in [0, 0.1) is 0 Å². The molecule has 7 nitrogen and oxygen atoms in total. The van der Waals surface area contributed by atoms with Gasteiger partial charge in [0.1, 0.15) is 5.75 Å². The third-order valence-electron chi connectivity index (χ3n) is 4.51. The number of aliphatic hydroxyl groups is 1. The standard InChI is InChI=1S/C17H24N2O5/c1-11(12-4-6-13(24-3)7-5-12)17(23)19-8-14(15(20)9-19)18(2)10-16(21)22/h4-7,11,14-15,20H,8-10H2,1-3H3,(H,21,22)/t11-,14-,15+/m0/s1. The number of ether oxygens (including phenoxy) is 1. The van der Waals surface area contributed by atoms with E-state index < -0.39 is 12.1 Å². The SMILES string of the molecule is COc1ccc([C@H](C)C(=O)N2C[C@@H](O)[C@@H](N(C)CC(=O)O)C2)cc1.